The molecule has 0 bridgehead atoms. The molecule has 0 aliphatic heterocycles. The molecule has 0 N–H and O–H groups in total. The van der Waals surface area contributed by atoms with Crippen LogP contribution >= 0.6 is 22.6 Å². The molecule has 0 aromatic heterocycles. The zero-order valence-electron chi connectivity index (χ0n) is 12.5. The maximum Gasteiger partial charge on any atom is 0.201 e. The van der Waals surface area contributed by atoms with Gasteiger partial charge in [-0.1, -0.05) is 51.1 Å². The van der Waals surface area contributed by atoms with E-state index >= 15 is 0 Å². The number of ketones is 1. The molecule has 0 saturated carbocycles. The van der Waals surface area contributed by atoms with Gasteiger partial charge in [0.2, 0.25) is 5.78 Å². The second-order valence-corrected chi connectivity index (χ2v) is 7.13. The molecule has 0 radical (unpaired) electrons. The van der Waals surface area contributed by atoms with Crippen LogP contribution in [0.5, 0.6) is 5.75 Å². The highest BCUT2D eigenvalue weighted by atomic mass is 127. The van der Waals surface area contributed by atoms with Crippen LogP contribution in [-0.2, 0) is 5.41 Å². The van der Waals surface area contributed by atoms with Crippen molar-refractivity contribution in [3.8, 4) is 5.75 Å². The highest BCUT2D eigenvalue weighted by molar-refractivity contribution is 14.1. The molecule has 0 amide bonds. The maximum atomic E-state index is 12.1. The highest BCUT2D eigenvalue weighted by Gasteiger charge is 2.14. The highest BCUT2D eigenvalue weighted by Crippen LogP contribution is 2.24. The number of benzene rings is 2. The molecule has 0 atom stereocenters. The Kier molecular flexibility index (Phi) is 5.04. The van der Waals surface area contributed by atoms with E-state index in [1.807, 2.05) is 48.5 Å². The van der Waals surface area contributed by atoms with Crippen LogP contribution in [0.4, 0.5) is 0 Å². The average Bonchev–Trinajstić information content (AvgIpc) is 2.45. The molecule has 0 fully saturated rings. The molecule has 0 aliphatic rings. The molecule has 0 heterocycles. The minimum Gasteiger partial charge on any atom is -0.485 e. The summed E-state index contributed by atoms with van der Waals surface area (Å²) in [6, 6.07) is 15.5. The monoisotopic (exact) mass is 394 g/mol. The van der Waals surface area contributed by atoms with Crippen molar-refractivity contribution in [3.05, 3.63) is 63.2 Å². The molecule has 110 valence electrons. The summed E-state index contributed by atoms with van der Waals surface area (Å²) in [5.41, 5.74) is 2.08. The fourth-order valence-electron chi connectivity index (χ4n) is 1.97. The maximum absolute atomic E-state index is 12.1. The molecular weight excluding hydrogens is 375 g/mol. The first-order valence-corrected chi connectivity index (χ1v) is 7.97. The van der Waals surface area contributed by atoms with Crippen molar-refractivity contribution in [1.82, 2.24) is 0 Å². The molecule has 2 nitrogen and oxygen atoms in total. The SMILES string of the molecule is CC(C)(C)c1ccc(OCC(=O)c2ccccc2I)cc1. The van der Waals surface area contributed by atoms with Crippen molar-refractivity contribution in [2.75, 3.05) is 6.61 Å². The van der Waals surface area contributed by atoms with Gasteiger partial charge in [0.25, 0.3) is 0 Å². The average molecular weight is 394 g/mol. The molecule has 3 heteroatoms. The third-order valence-electron chi connectivity index (χ3n) is 3.26. The number of halogens is 1. The number of Topliss-reactive ketones (excluding diaryl/α,β-unsaturated/α-hetero) is 1. The van der Waals surface area contributed by atoms with Crippen LogP contribution in [0.1, 0.15) is 36.7 Å². The Bertz CT molecular complexity index is 624. The van der Waals surface area contributed by atoms with Crippen LogP contribution in [0.2, 0.25) is 0 Å². The lowest BCUT2D eigenvalue weighted by atomic mass is 9.87. The van der Waals surface area contributed by atoms with Gasteiger partial charge < -0.3 is 4.74 Å². The van der Waals surface area contributed by atoms with Gasteiger partial charge in [0, 0.05) is 9.13 Å². The van der Waals surface area contributed by atoms with Gasteiger partial charge >= 0.3 is 0 Å². The van der Waals surface area contributed by atoms with Crippen LogP contribution in [0.15, 0.2) is 48.5 Å². The molecule has 2 aromatic carbocycles. The van der Waals surface area contributed by atoms with E-state index in [1.165, 1.54) is 5.56 Å². The summed E-state index contributed by atoms with van der Waals surface area (Å²) in [4.78, 5) is 12.1. The van der Waals surface area contributed by atoms with Crippen molar-refractivity contribution in [2.24, 2.45) is 0 Å². The summed E-state index contributed by atoms with van der Waals surface area (Å²) in [6.07, 6.45) is 0. The fourth-order valence-corrected chi connectivity index (χ4v) is 2.65. The first kappa shape index (κ1) is 16.0. The van der Waals surface area contributed by atoms with E-state index in [-0.39, 0.29) is 17.8 Å². The smallest absolute Gasteiger partial charge is 0.201 e. The fraction of sp³-hybridized carbons (Fsp3) is 0.278. The molecule has 2 aromatic rings. The van der Waals surface area contributed by atoms with Crippen LogP contribution in [0.3, 0.4) is 0 Å². The standard InChI is InChI=1S/C18H19IO2/c1-18(2,3)13-8-10-14(11-9-13)21-12-17(20)15-6-4-5-7-16(15)19/h4-11H,12H2,1-3H3. The number of ether oxygens (including phenoxy) is 1. The number of carbonyl (C=O) groups is 1. The Balaban J connectivity index is 2.00. The van der Waals surface area contributed by atoms with E-state index in [9.17, 15) is 4.79 Å². The van der Waals surface area contributed by atoms with Gasteiger partial charge in [-0.25, -0.2) is 0 Å². The zero-order valence-corrected chi connectivity index (χ0v) is 14.7. The summed E-state index contributed by atoms with van der Waals surface area (Å²) >= 11 is 2.17. The largest absolute Gasteiger partial charge is 0.485 e. The van der Waals surface area contributed by atoms with Crippen molar-refractivity contribution < 1.29 is 9.53 Å². The van der Waals surface area contributed by atoms with Crippen LogP contribution < -0.4 is 4.74 Å². The minimum absolute atomic E-state index is 0.0000945. The van der Waals surface area contributed by atoms with Crippen LogP contribution in [-0.4, -0.2) is 12.4 Å². The van der Waals surface area contributed by atoms with Gasteiger partial charge in [-0.3, -0.25) is 4.79 Å². The Morgan fingerprint density at radius 2 is 1.67 bits per heavy atom. The predicted molar refractivity (Wildman–Crippen MR) is 94.1 cm³/mol. The summed E-state index contributed by atoms with van der Waals surface area (Å²) in [6.45, 7) is 6.58. The summed E-state index contributed by atoms with van der Waals surface area (Å²) in [5, 5.41) is 0. The van der Waals surface area contributed by atoms with Gasteiger partial charge in [-0.2, -0.15) is 0 Å². The van der Waals surface area contributed by atoms with Crippen molar-refractivity contribution in [1.29, 1.82) is 0 Å². The van der Waals surface area contributed by atoms with E-state index < -0.39 is 0 Å². The molecule has 0 unspecified atom stereocenters. The summed E-state index contributed by atoms with van der Waals surface area (Å²) < 4.78 is 6.54. The molecular formula is C18H19IO2. The Labute approximate surface area is 139 Å². The number of rotatable bonds is 4. The molecule has 0 spiro atoms. The van der Waals surface area contributed by atoms with Gasteiger partial charge in [0.05, 0.1) is 0 Å². The second-order valence-electron chi connectivity index (χ2n) is 5.97. The Hall–Kier alpha value is -1.36. The van der Waals surface area contributed by atoms with Gasteiger partial charge in [0.15, 0.2) is 6.61 Å². The Morgan fingerprint density at radius 1 is 1.05 bits per heavy atom. The third kappa shape index (κ3) is 4.30. The molecule has 21 heavy (non-hydrogen) atoms. The first-order valence-electron chi connectivity index (χ1n) is 6.89. The van der Waals surface area contributed by atoms with Crippen LogP contribution in [0, 0.1) is 3.57 Å². The zero-order chi connectivity index (χ0) is 15.5. The van der Waals surface area contributed by atoms with Gasteiger partial charge in [-0.05, 0) is 51.8 Å². The summed E-state index contributed by atoms with van der Waals surface area (Å²) in [7, 11) is 0. The van der Waals surface area contributed by atoms with Gasteiger partial charge in [0.1, 0.15) is 5.75 Å². The third-order valence-corrected chi connectivity index (χ3v) is 4.21. The van der Waals surface area contributed by atoms with E-state index in [4.69, 9.17) is 4.74 Å². The number of hydrogen-bond donors (Lipinski definition) is 0. The van der Waals surface area contributed by atoms with Gasteiger partial charge in [-0.15, -0.1) is 0 Å². The van der Waals surface area contributed by atoms with Crippen molar-refractivity contribution in [2.45, 2.75) is 26.2 Å². The second kappa shape index (κ2) is 6.60. The summed E-state index contributed by atoms with van der Waals surface area (Å²) in [5.74, 6) is 0.724. The lowest BCUT2D eigenvalue weighted by Crippen LogP contribution is -2.13. The predicted octanol–water partition coefficient (Wildman–Crippen LogP) is 4.85. The minimum atomic E-state index is -0.0000945. The van der Waals surface area contributed by atoms with Crippen molar-refractivity contribution in [3.63, 3.8) is 0 Å². The topological polar surface area (TPSA) is 26.3 Å². The lowest BCUT2D eigenvalue weighted by Gasteiger charge is -2.19. The van der Waals surface area contributed by atoms with E-state index in [0.29, 0.717) is 5.56 Å². The molecule has 2 rings (SSSR count). The molecule has 0 aliphatic carbocycles. The number of carbonyl (C=O) groups excluding carboxylic acids is 1. The van der Waals surface area contributed by atoms with Crippen LogP contribution in [0.25, 0.3) is 0 Å². The number of hydrogen-bond acceptors (Lipinski definition) is 2. The quantitative estimate of drug-likeness (QED) is 0.548. The van der Waals surface area contributed by atoms with E-state index in [2.05, 4.69) is 43.4 Å². The lowest BCUT2D eigenvalue weighted by molar-refractivity contribution is 0.0920. The first-order chi connectivity index (χ1) is 9.88. The van der Waals surface area contributed by atoms with E-state index in [1.54, 1.807) is 0 Å². The van der Waals surface area contributed by atoms with Crippen molar-refractivity contribution >= 4 is 28.4 Å². The molecule has 0 saturated heterocycles. The Morgan fingerprint density at radius 3 is 2.24 bits per heavy atom. The normalized spacial score (nSPS) is 11.2. The van der Waals surface area contributed by atoms with E-state index in [0.717, 1.165) is 9.32 Å².